The van der Waals surface area contributed by atoms with Gasteiger partial charge in [0.15, 0.2) is 0 Å². The Labute approximate surface area is 304 Å². The summed E-state index contributed by atoms with van der Waals surface area (Å²) < 4.78 is 20.8. The molecule has 4 aliphatic heterocycles. The SMILES string of the molecule is CC(C)(C)OC(=O)N1CCc2cnc(Nc3ccc(N4CCC(CN5CCN(c6ccc(C7CCC(=O)NC7=O)cc6F)CC5)CC4)cc3)nc2C1. The molecule has 276 valence electrons. The average molecular weight is 713 g/mol. The molecule has 5 heterocycles. The molecule has 0 bridgehead atoms. The van der Waals surface area contributed by atoms with Crippen molar-refractivity contribution >= 4 is 40.9 Å². The molecule has 2 N–H and O–H groups in total. The van der Waals surface area contributed by atoms with E-state index in [-0.39, 0.29) is 30.1 Å². The molecular weight excluding hydrogens is 663 g/mol. The monoisotopic (exact) mass is 712 g/mol. The van der Waals surface area contributed by atoms with Crippen LogP contribution in [-0.2, 0) is 27.3 Å². The first-order valence-electron chi connectivity index (χ1n) is 18.5. The lowest BCUT2D eigenvalue weighted by molar-refractivity contribution is -0.134. The normalized spacial score (nSPS) is 20.4. The van der Waals surface area contributed by atoms with Gasteiger partial charge in [0.25, 0.3) is 0 Å². The van der Waals surface area contributed by atoms with Crippen molar-refractivity contribution in [2.75, 3.05) is 67.5 Å². The maximum Gasteiger partial charge on any atom is 0.410 e. The van der Waals surface area contributed by atoms with Gasteiger partial charge in [0.05, 0.1) is 23.8 Å². The largest absolute Gasteiger partial charge is 0.444 e. The molecule has 52 heavy (non-hydrogen) atoms. The topological polar surface area (TPSA) is 123 Å². The molecule has 3 amide bonds. The number of anilines is 4. The lowest BCUT2D eigenvalue weighted by atomic mass is 9.90. The summed E-state index contributed by atoms with van der Waals surface area (Å²) >= 11 is 0. The van der Waals surface area contributed by atoms with Gasteiger partial charge in [-0.3, -0.25) is 19.8 Å². The van der Waals surface area contributed by atoms with Crippen molar-refractivity contribution in [1.82, 2.24) is 25.1 Å². The maximum atomic E-state index is 15.2. The fraction of sp³-hybridized carbons (Fsp3) is 0.513. The quantitative estimate of drug-likeness (QED) is 0.316. The highest BCUT2D eigenvalue weighted by molar-refractivity contribution is 6.01. The van der Waals surface area contributed by atoms with E-state index in [2.05, 4.69) is 54.6 Å². The van der Waals surface area contributed by atoms with E-state index >= 15 is 4.39 Å². The van der Waals surface area contributed by atoms with Crippen molar-refractivity contribution in [3.63, 3.8) is 0 Å². The molecule has 0 aliphatic carbocycles. The van der Waals surface area contributed by atoms with E-state index in [0.717, 1.165) is 75.6 Å². The van der Waals surface area contributed by atoms with Gasteiger partial charge in [-0.05, 0) is 99.9 Å². The van der Waals surface area contributed by atoms with Crippen LogP contribution in [0.1, 0.15) is 69.2 Å². The highest BCUT2D eigenvalue weighted by Gasteiger charge is 2.30. The molecule has 3 aromatic rings. The minimum atomic E-state index is -0.543. The van der Waals surface area contributed by atoms with Crippen LogP contribution >= 0.6 is 0 Å². The smallest absolute Gasteiger partial charge is 0.410 e. The number of imide groups is 1. The first-order chi connectivity index (χ1) is 25.0. The van der Waals surface area contributed by atoms with Crippen molar-refractivity contribution in [1.29, 1.82) is 0 Å². The van der Waals surface area contributed by atoms with E-state index in [0.29, 0.717) is 49.0 Å². The second kappa shape index (κ2) is 15.1. The summed E-state index contributed by atoms with van der Waals surface area (Å²) in [6.45, 7) is 12.9. The molecule has 1 aromatic heterocycles. The number of halogens is 1. The Morgan fingerprint density at radius 1 is 0.942 bits per heavy atom. The zero-order chi connectivity index (χ0) is 36.4. The number of ether oxygens (including phenoxy) is 1. The second-order valence-electron chi connectivity index (χ2n) is 15.4. The molecule has 4 aliphatic rings. The van der Waals surface area contributed by atoms with Crippen molar-refractivity contribution in [2.24, 2.45) is 5.92 Å². The molecule has 12 nitrogen and oxygen atoms in total. The number of carbonyl (C=O) groups is 3. The fourth-order valence-electron chi connectivity index (χ4n) is 7.65. The average Bonchev–Trinajstić information content (AvgIpc) is 3.12. The van der Waals surface area contributed by atoms with Gasteiger partial charge in [-0.1, -0.05) is 6.07 Å². The highest BCUT2D eigenvalue weighted by Crippen LogP contribution is 2.31. The first-order valence-corrected chi connectivity index (χ1v) is 18.5. The molecule has 1 atom stereocenters. The summed E-state index contributed by atoms with van der Waals surface area (Å²) in [5.41, 5.74) is 4.65. The minimum absolute atomic E-state index is 0.267. The first kappa shape index (κ1) is 35.6. The number of piperazine rings is 1. The third-order valence-electron chi connectivity index (χ3n) is 10.5. The van der Waals surface area contributed by atoms with Gasteiger partial charge in [-0.2, -0.15) is 0 Å². The molecule has 13 heteroatoms. The van der Waals surface area contributed by atoms with Crippen LogP contribution in [0.4, 0.5) is 32.2 Å². The van der Waals surface area contributed by atoms with Gasteiger partial charge < -0.3 is 24.8 Å². The number of nitrogens with zero attached hydrogens (tertiary/aromatic N) is 6. The Kier molecular flexibility index (Phi) is 10.3. The number of nitrogens with one attached hydrogen (secondary N) is 2. The van der Waals surface area contributed by atoms with Crippen molar-refractivity contribution < 1.29 is 23.5 Å². The zero-order valence-corrected chi connectivity index (χ0v) is 30.4. The number of benzene rings is 2. The molecule has 7 rings (SSSR count). The standard InChI is InChI=1S/C39H49FN8O4/c1-39(2,3)52-38(51)48-17-14-28-23-41-37(43-33(28)25-48)42-29-5-7-30(8-6-29)46-15-12-26(13-16-46)24-45-18-20-47(21-19-45)34-10-4-27(22-32(34)40)31-9-11-35(49)44-36(31)50/h4-8,10,22-23,26,31H,9,11-21,24-25H2,1-3H3,(H,41,42,43)(H,44,49,50). The predicted octanol–water partition coefficient (Wildman–Crippen LogP) is 5.21. The lowest BCUT2D eigenvalue weighted by Gasteiger charge is -2.40. The van der Waals surface area contributed by atoms with Gasteiger partial charge >= 0.3 is 6.09 Å². The Balaban J connectivity index is 0.852. The van der Waals surface area contributed by atoms with E-state index in [9.17, 15) is 14.4 Å². The number of amides is 3. The number of carbonyl (C=O) groups excluding carboxylic acids is 3. The van der Waals surface area contributed by atoms with E-state index in [1.54, 1.807) is 11.0 Å². The molecule has 1 unspecified atom stereocenters. The van der Waals surface area contributed by atoms with Crippen molar-refractivity contribution in [3.05, 3.63) is 71.3 Å². The van der Waals surface area contributed by atoms with Crippen LogP contribution in [0.5, 0.6) is 0 Å². The van der Waals surface area contributed by atoms with Crippen LogP contribution in [0.3, 0.4) is 0 Å². The van der Waals surface area contributed by atoms with Gasteiger partial charge in [0, 0.05) is 76.4 Å². The number of hydrogen-bond donors (Lipinski definition) is 2. The summed E-state index contributed by atoms with van der Waals surface area (Å²) in [5.74, 6) is -0.275. The summed E-state index contributed by atoms with van der Waals surface area (Å²) in [6.07, 6.45) is 5.17. The Morgan fingerprint density at radius 2 is 1.69 bits per heavy atom. The third-order valence-corrected chi connectivity index (χ3v) is 10.5. The van der Waals surface area contributed by atoms with Crippen LogP contribution in [0.15, 0.2) is 48.7 Å². The fourth-order valence-corrected chi connectivity index (χ4v) is 7.65. The third kappa shape index (κ3) is 8.46. The van der Waals surface area contributed by atoms with Crippen LogP contribution in [0.2, 0.25) is 0 Å². The van der Waals surface area contributed by atoms with Gasteiger partial charge in [0.1, 0.15) is 11.4 Å². The van der Waals surface area contributed by atoms with E-state index < -0.39 is 11.5 Å². The molecular formula is C39H49FN8O4. The second-order valence-corrected chi connectivity index (χ2v) is 15.4. The molecule has 0 saturated carbocycles. The predicted molar refractivity (Wildman–Crippen MR) is 197 cm³/mol. The number of fused-ring (bicyclic) bond motifs is 1. The van der Waals surface area contributed by atoms with Gasteiger partial charge in [0.2, 0.25) is 17.8 Å². The van der Waals surface area contributed by atoms with E-state index in [4.69, 9.17) is 9.72 Å². The Morgan fingerprint density at radius 3 is 2.38 bits per heavy atom. The van der Waals surface area contributed by atoms with Crippen molar-refractivity contribution in [2.45, 2.75) is 70.9 Å². The van der Waals surface area contributed by atoms with E-state index in [1.165, 1.54) is 11.8 Å². The molecule has 3 saturated heterocycles. The van der Waals surface area contributed by atoms with Crippen molar-refractivity contribution in [3.8, 4) is 0 Å². The van der Waals surface area contributed by atoms with Gasteiger partial charge in [-0.15, -0.1) is 0 Å². The minimum Gasteiger partial charge on any atom is -0.444 e. The van der Waals surface area contributed by atoms with Gasteiger partial charge in [-0.25, -0.2) is 19.2 Å². The molecule has 0 radical (unpaired) electrons. The number of rotatable bonds is 7. The molecule has 0 spiro atoms. The maximum absolute atomic E-state index is 15.2. The summed E-state index contributed by atoms with van der Waals surface area (Å²) in [5, 5.41) is 5.69. The molecule has 2 aromatic carbocycles. The zero-order valence-electron chi connectivity index (χ0n) is 30.4. The van der Waals surface area contributed by atoms with Crippen LogP contribution in [-0.4, -0.2) is 95.6 Å². The highest BCUT2D eigenvalue weighted by atomic mass is 19.1. The summed E-state index contributed by atoms with van der Waals surface area (Å²) in [6, 6.07) is 13.5. The summed E-state index contributed by atoms with van der Waals surface area (Å²) in [4.78, 5) is 54.3. The number of piperidine rings is 2. The van der Waals surface area contributed by atoms with E-state index in [1.807, 2.05) is 33.0 Å². The van der Waals surface area contributed by atoms with Crippen LogP contribution in [0.25, 0.3) is 0 Å². The Hall–Kier alpha value is -4.78. The number of aromatic nitrogens is 2. The number of hydrogen-bond acceptors (Lipinski definition) is 10. The lowest BCUT2D eigenvalue weighted by Crippen LogP contribution is -2.49. The summed E-state index contributed by atoms with van der Waals surface area (Å²) in [7, 11) is 0. The Bertz CT molecular complexity index is 1780. The van der Waals surface area contributed by atoms with Crippen LogP contribution in [0, 0.1) is 11.7 Å². The molecule has 3 fully saturated rings. The van der Waals surface area contributed by atoms with Crippen LogP contribution < -0.4 is 20.4 Å².